The Bertz CT molecular complexity index is 835. The van der Waals surface area contributed by atoms with Gasteiger partial charge in [0.05, 0.1) is 6.04 Å². The van der Waals surface area contributed by atoms with Gasteiger partial charge in [-0.3, -0.25) is 13.9 Å². The van der Waals surface area contributed by atoms with Gasteiger partial charge in [0.15, 0.2) is 5.56 Å². The summed E-state index contributed by atoms with van der Waals surface area (Å²) < 4.78 is 7.65. The zero-order valence-electron chi connectivity index (χ0n) is 12.3. The highest BCUT2D eigenvalue weighted by atomic mass is 16.3. The summed E-state index contributed by atoms with van der Waals surface area (Å²) in [5, 5.41) is 12.2. The van der Waals surface area contributed by atoms with Crippen molar-refractivity contribution in [1.82, 2.24) is 9.13 Å². The number of hydrogen-bond donors (Lipinski definition) is 1. The third kappa shape index (κ3) is 2.48. The maximum atomic E-state index is 12.0. The highest BCUT2D eigenvalue weighted by Gasteiger charge is 2.18. The normalized spacial score (nSPS) is 12.0. The molecule has 2 rings (SSSR count). The molecule has 0 unspecified atom stereocenters. The van der Waals surface area contributed by atoms with Crippen LogP contribution < -0.4 is 16.6 Å². The van der Waals surface area contributed by atoms with E-state index in [2.05, 4.69) is 5.32 Å². The van der Waals surface area contributed by atoms with Crippen molar-refractivity contribution in [2.24, 2.45) is 14.1 Å². The fourth-order valence-corrected chi connectivity index (χ4v) is 2.08. The van der Waals surface area contributed by atoms with E-state index in [4.69, 9.17) is 4.42 Å². The number of nitrogens with one attached hydrogen (secondary N) is 1. The smallest absolute Gasteiger partial charge is 0.332 e. The minimum absolute atomic E-state index is 0.102. The van der Waals surface area contributed by atoms with E-state index in [1.165, 1.54) is 18.7 Å². The lowest BCUT2D eigenvalue weighted by molar-refractivity contribution is 0.465. The first-order valence-corrected chi connectivity index (χ1v) is 6.39. The van der Waals surface area contributed by atoms with Gasteiger partial charge in [-0.15, -0.1) is 0 Å². The highest BCUT2D eigenvalue weighted by Crippen LogP contribution is 2.21. The highest BCUT2D eigenvalue weighted by molar-refractivity contribution is 5.52. The summed E-state index contributed by atoms with van der Waals surface area (Å²) in [6, 6.07) is 5.19. The zero-order chi connectivity index (χ0) is 15.7. The summed E-state index contributed by atoms with van der Waals surface area (Å²) in [6.45, 7) is 3.65. The van der Waals surface area contributed by atoms with Gasteiger partial charge in [0.25, 0.3) is 5.56 Å². The van der Waals surface area contributed by atoms with E-state index in [0.717, 1.165) is 10.3 Å². The van der Waals surface area contributed by atoms with Gasteiger partial charge < -0.3 is 9.73 Å². The number of hydrogen-bond acceptors (Lipinski definition) is 5. The van der Waals surface area contributed by atoms with Crippen LogP contribution in [0.25, 0.3) is 0 Å². The predicted octanol–water partition coefficient (Wildman–Crippen LogP) is 1.03. The topological polar surface area (TPSA) is 93.0 Å². The van der Waals surface area contributed by atoms with Crippen molar-refractivity contribution in [3.05, 3.63) is 50.1 Å². The number of anilines is 1. The molecule has 0 bridgehead atoms. The maximum absolute atomic E-state index is 12.0. The molecule has 0 aliphatic rings. The van der Waals surface area contributed by atoms with Crippen LogP contribution in [-0.2, 0) is 14.1 Å². The molecule has 0 fully saturated rings. The molecule has 110 valence electrons. The van der Waals surface area contributed by atoms with Gasteiger partial charge in [-0.1, -0.05) is 0 Å². The number of aromatic nitrogens is 2. The van der Waals surface area contributed by atoms with E-state index in [1.54, 1.807) is 6.07 Å². The Labute approximate surface area is 121 Å². The number of aryl methyl sites for hydroxylation is 1. The lowest BCUT2D eigenvalue weighted by atomic mass is 10.2. The molecule has 0 aliphatic carbocycles. The van der Waals surface area contributed by atoms with Crippen molar-refractivity contribution < 1.29 is 4.42 Å². The number of nitrogens with zero attached hydrogens (tertiary/aromatic N) is 3. The third-order valence-electron chi connectivity index (χ3n) is 3.32. The van der Waals surface area contributed by atoms with Crippen LogP contribution in [0.5, 0.6) is 0 Å². The molecule has 0 spiro atoms. The first kappa shape index (κ1) is 14.7. The molecule has 7 nitrogen and oxygen atoms in total. The Kier molecular flexibility index (Phi) is 3.72. The van der Waals surface area contributed by atoms with Crippen LogP contribution >= 0.6 is 0 Å². The molecule has 1 atom stereocenters. The van der Waals surface area contributed by atoms with Crippen molar-refractivity contribution in [2.75, 3.05) is 5.32 Å². The lowest BCUT2D eigenvalue weighted by Gasteiger charge is -2.17. The summed E-state index contributed by atoms with van der Waals surface area (Å²) in [5.41, 5.74) is -1.22. The van der Waals surface area contributed by atoms with E-state index in [9.17, 15) is 14.9 Å². The predicted molar refractivity (Wildman–Crippen MR) is 77.1 cm³/mol. The summed E-state index contributed by atoms with van der Waals surface area (Å²) in [6.07, 6.45) is 0. The van der Waals surface area contributed by atoms with Crippen molar-refractivity contribution in [3.8, 4) is 6.07 Å². The number of furan rings is 1. The maximum Gasteiger partial charge on any atom is 0.332 e. The molecule has 0 amide bonds. The Morgan fingerprint density at radius 1 is 1.29 bits per heavy atom. The molecule has 0 radical (unpaired) electrons. The Balaban J connectivity index is 2.52. The van der Waals surface area contributed by atoms with Crippen molar-refractivity contribution in [1.29, 1.82) is 5.26 Å². The Morgan fingerprint density at radius 2 is 1.95 bits per heavy atom. The van der Waals surface area contributed by atoms with Gasteiger partial charge in [0.1, 0.15) is 23.4 Å². The monoisotopic (exact) mass is 288 g/mol. The number of nitriles is 1. The minimum atomic E-state index is -0.620. The summed E-state index contributed by atoms with van der Waals surface area (Å²) in [5.74, 6) is 1.61. The second-order valence-corrected chi connectivity index (χ2v) is 4.86. The van der Waals surface area contributed by atoms with E-state index < -0.39 is 11.2 Å². The molecule has 1 N–H and O–H groups in total. The van der Waals surface area contributed by atoms with Crippen molar-refractivity contribution >= 4 is 5.82 Å². The molecule has 21 heavy (non-hydrogen) atoms. The van der Waals surface area contributed by atoms with Crippen molar-refractivity contribution in [3.63, 3.8) is 0 Å². The van der Waals surface area contributed by atoms with Crippen LogP contribution in [0.1, 0.15) is 30.0 Å². The minimum Gasteiger partial charge on any atom is -0.464 e. The van der Waals surface area contributed by atoms with Gasteiger partial charge in [0, 0.05) is 14.1 Å². The van der Waals surface area contributed by atoms with Crippen molar-refractivity contribution in [2.45, 2.75) is 19.9 Å². The summed E-state index contributed by atoms with van der Waals surface area (Å²) >= 11 is 0. The van der Waals surface area contributed by atoms with Crippen LogP contribution in [0, 0.1) is 18.3 Å². The Hall–Kier alpha value is -2.75. The average molecular weight is 288 g/mol. The molecule has 2 aromatic rings. The second kappa shape index (κ2) is 5.32. The molecule has 0 aliphatic heterocycles. The van der Waals surface area contributed by atoms with E-state index in [1.807, 2.05) is 26.0 Å². The van der Waals surface area contributed by atoms with Crippen LogP contribution in [0.3, 0.4) is 0 Å². The molecule has 7 heteroatoms. The van der Waals surface area contributed by atoms with Gasteiger partial charge in [-0.25, -0.2) is 4.79 Å². The SMILES string of the molecule is Cc1ccc([C@@H](C)Nc2c(C#N)c(=O)n(C)c(=O)n2C)o1. The fourth-order valence-electron chi connectivity index (χ4n) is 2.08. The Morgan fingerprint density at radius 3 is 2.48 bits per heavy atom. The molecule has 0 saturated heterocycles. The second-order valence-electron chi connectivity index (χ2n) is 4.86. The largest absolute Gasteiger partial charge is 0.464 e. The molecule has 0 aromatic carbocycles. The van der Waals surface area contributed by atoms with Crippen LogP contribution in [-0.4, -0.2) is 9.13 Å². The molecule has 2 aromatic heterocycles. The van der Waals surface area contributed by atoms with Crippen LogP contribution in [0.15, 0.2) is 26.1 Å². The van der Waals surface area contributed by atoms with E-state index in [-0.39, 0.29) is 17.4 Å². The standard InChI is InChI=1S/C14H16N4O3/c1-8-5-6-11(21-8)9(2)16-12-10(7-15)13(19)18(4)14(20)17(12)3/h5-6,9,16H,1-4H3/t9-/m1/s1. The van der Waals surface area contributed by atoms with Gasteiger partial charge >= 0.3 is 5.69 Å². The van der Waals surface area contributed by atoms with Gasteiger partial charge in [0.2, 0.25) is 0 Å². The van der Waals surface area contributed by atoms with Crippen LogP contribution in [0.4, 0.5) is 5.82 Å². The molecule has 0 saturated carbocycles. The molecule has 2 heterocycles. The third-order valence-corrected chi connectivity index (χ3v) is 3.32. The summed E-state index contributed by atoms with van der Waals surface area (Å²) in [4.78, 5) is 23.9. The van der Waals surface area contributed by atoms with Crippen LogP contribution in [0.2, 0.25) is 0 Å². The first-order chi connectivity index (χ1) is 9.86. The van der Waals surface area contributed by atoms with E-state index in [0.29, 0.717) is 5.76 Å². The lowest BCUT2D eigenvalue weighted by Crippen LogP contribution is -2.40. The summed E-state index contributed by atoms with van der Waals surface area (Å²) in [7, 11) is 2.85. The molecular formula is C14H16N4O3. The average Bonchev–Trinajstić information content (AvgIpc) is 2.89. The van der Waals surface area contributed by atoms with E-state index >= 15 is 0 Å². The van der Waals surface area contributed by atoms with Gasteiger partial charge in [-0.05, 0) is 26.0 Å². The first-order valence-electron chi connectivity index (χ1n) is 6.39. The molecular weight excluding hydrogens is 272 g/mol. The van der Waals surface area contributed by atoms with Gasteiger partial charge in [-0.2, -0.15) is 5.26 Å². The fraction of sp³-hybridized carbons (Fsp3) is 0.357. The zero-order valence-corrected chi connectivity index (χ0v) is 12.3. The number of rotatable bonds is 3. The quantitative estimate of drug-likeness (QED) is 0.910.